The Morgan fingerprint density at radius 2 is 1.11 bits per heavy atom. The largest absolute Gasteiger partial charge is 0.489 e. The average Bonchev–Trinajstić information content (AvgIpc) is 2.48. The molecule has 2 aromatic rings. The highest BCUT2D eigenvalue weighted by Crippen LogP contribution is 2.18. The molecule has 1 radical (unpaired) electrons. The van der Waals surface area contributed by atoms with E-state index in [9.17, 15) is 0 Å². The summed E-state index contributed by atoms with van der Waals surface area (Å²) in [7, 11) is 1.41. The van der Waals surface area contributed by atoms with Crippen molar-refractivity contribution < 1.29 is 9.31 Å². The van der Waals surface area contributed by atoms with Gasteiger partial charge in [0.15, 0.2) is 0 Å². The molecule has 0 saturated carbocycles. The van der Waals surface area contributed by atoms with Crippen LogP contribution in [0, 0.1) is 0 Å². The SMILES string of the molecule is [B](OCSc1ccccc1)OCSc1ccccc1. The van der Waals surface area contributed by atoms with Crippen LogP contribution in [0.2, 0.25) is 0 Å². The first-order chi connectivity index (χ1) is 9.45. The van der Waals surface area contributed by atoms with Gasteiger partial charge in [0.2, 0.25) is 0 Å². The van der Waals surface area contributed by atoms with E-state index in [1.807, 2.05) is 36.4 Å². The summed E-state index contributed by atoms with van der Waals surface area (Å²) >= 11 is 3.27. The van der Waals surface area contributed by atoms with Gasteiger partial charge in [-0.3, -0.25) is 0 Å². The first-order valence-electron chi connectivity index (χ1n) is 5.86. The predicted octanol–water partition coefficient (Wildman–Crippen LogP) is 4.05. The number of benzene rings is 2. The molecule has 0 aliphatic rings. The molecular weight excluding hydrogens is 275 g/mol. The Balaban J connectivity index is 1.49. The smallest absolute Gasteiger partial charge is 0.404 e. The van der Waals surface area contributed by atoms with Crippen LogP contribution in [-0.4, -0.2) is 19.6 Å². The van der Waals surface area contributed by atoms with E-state index in [0.717, 1.165) is 0 Å². The minimum atomic E-state index is 0.556. The fourth-order valence-corrected chi connectivity index (χ4v) is 2.56. The number of hydrogen-bond donors (Lipinski definition) is 0. The van der Waals surface area contributed by atoms with Crippen LogP contribution < -0.4 is 0 Å². The fourth-order valence-electron chi connectivity index (χ4n) is 1.34. The van der Waals surface area contributed by atoms with Gasteiger partial charge in [-0.25, -0.2) is 0 Å². The van der Waals surface area contributed by atoms with Crippen molar-refractivity contribution in [3.8, 4) is 0 Å². The average molecular weight is 289 g/mol. The molecule has 2 aromatic carbocycles. The third kappa shape index (κ3) is 6.21. The highest BCUT2D eigenvalue weighted by atomic mass is 32.2. The summed E-state index contributed by atoms with van der Waals surface area (Å²) < 4.78 is 10.6. The normalized spacial score (nSPS) is 10.3. The zero-order valence-corrected chi connectivity index (χ0v) is 12.0. The third-order valence-electron chi connectivity index (χ3n) is 2.21. The molecule has 19 heavy (non-hydrogen) atoms. The van der Waals surface area contributed by atoms with Crippen LogP contribution in [0.1, 0.15) is 0 Å². The van der Waals surface area contributed by atoms with Crippen molar-refractivity contribution in [1.82, 2.24) is 0 Å². The second-order valence-electron chi connectivity index (χ2n) is 3.58. The van der Waals surface area contributed by atoms with Crippen LogP contribution in [0.5, 0.6) is 0 Å². The summed E-state index contributed by atoms with van der Waals surface area (Å²) in [5, 5.41) is 0. The zero-order valence-electron chi connectivity index (χ0n) is 10.4. The first-order valence-corrected chi connectivity index (χ1v) is 7.83. The van der Waals surface area contributed by atoms with Gasteiger partial charge in [0.05, 0.1) is 11.9 Å². The standard InChI is InChI=1S/C14H14BO2S2/c1-3-7-13(8-4-1)18-11-16-15-17-12-19-14-9-5-2-6-10-14/h1-10H,11-12H2. The second kappa shape index (κ2) is 9.10. The van der Waals surface area contributed by atoms with E-state index in [1.165, 1.54) is 17.5 Å². The molecule has 0 amide bonds. The first kappa shape index (κ1) is 14.5. The van der Waals surface area contributed by atoms with Crippen molar-refractivity contribution in [2.45, 2.75) is 9.79 Å². The van der Waals surface area contributed by atoms with Gasteiger partial charge < -0.3 is 9.31 Å². The Morgan fingerprint density at radius 1 is 0.684 bits per heavy atom. The summed E-state index contributed by atoms with van der Waals surface area (Å²) in [5.74, 6) is 1.11. The van der Waals surface area contributed by atoms with Gasteiger partial charge in [-0.2, -0.15) is 0 Å². The van der Waals surface area contributed by atoms with Crippen LogP contribution in [0.25, 0.3) is 0 Å². The lowest BCUT2D eigenvalue weighted by atomic mass is 10.4. The topological polar surface area (TPSA) is 18.5 Å². The molecule has 2 rings (SSSR count). The van der Waals surface area contributed by atoms with Gasteiger partial charge in [-0.1, -0.05) is 59.9 Å². The molecule has 97 valence electrons. The van der Waals surface area contributed by atoms with Crippen LogP contribution in [-0.2, 0) is 9.31 Å². The van der Waals surface area contributed by atoms with E-state index in [-0.39, 0.29) is 0 Å². The maximum atomic E-state index is 5.28. The summed E-state index contributed by atoms with van der Waals surface area (Å²) in [6.45, 7) is 0. The van der Waals surface area contributed by atoms with Gasteiger partial charge in [0.1, 0.15) is 0 Å². The Kier molecular flexibility index (Phi) is 6.96. The molecule has 0 fully saturated rings. The van der Waals surface area contributed by atoms with Gasteiger partial charge >= 0.3 is 7.69 Å². The molecule has 0 spiro atoms. The maximum Gasteiger partial charge on any atom is 0.489 e. The molecule has 2 nitrogen and oxygen atoms in total. The molecule has 0 heterocycles. The fraction of sp³-hybridized carbons (Fsp3) is 0.143. The van der Waals surface area contributed by atoms with Crippen LogP contribution in [0.4, 0.5) is 0 Å². The molecule has 5 heteroatoms. The van der Waals surface area contributed by atoms with Gasteiger partial charge in [0.25, 0.3) is 0 Å². The minimum absolute atomic E-state index is 0.556. The predicted molar refractivity (Wildman–Crippen MR) is 82.3 cm³/mol. The van der Waals surface area contributed by atoms with Crippen molar-refractivity contribution in [1.29, 1.82) is 0 Å². The molecule has 0 aliphatic carbocycles. The van der Waals surface area contributed by atoms with Crippen molar-refractivity contribution in [2.24, 2.45) is 0 Å². The van der Waals surface area contributed by atoms with Crippen molar-refractivity contribution in [3.05, 3.63) is 60.7 Å². The lowest BCUT2D eigenvalue weighted by Gasteiger charge is -2.04. The molecule has 0 saturated heterocycles. The van der Waals surface area contributed by atoms with E-state index in [0.29, 0.717) is 11.9 Å². The van der Waals surface area contributed by atoms with Gasteiger partial charge in [-0.15, -0.1) is 0 Å². The maximum absolute atomic E-state index is 5.28. The van der Waals surface area contributed by atoms with E-state index < -0.39 is 0 Å². The molecule has 0 N–H and O–H groups in total. The van der Waals surface area contributed by atoms with E-state index >= 15 is 0 Å². The monoisotopic (exact) mass is 289 g/mol. The Morgan fingerprint density at radius 3 is 1.53 bits per heavy atom. The summed E-state index contributed by atoms with van der Waals surface area (Å²) in [5.41, 5.74) is 0. The highest BCUT2D eigenvalue weighted by Gasteiger charge is 1.97. The lowest BCUT2D eigenvalue weighted by molar-refractivity contribution is 0.288. The van der Waals surface area contributed by atoms with E-state index in [4.69, 9.17) is 9.31 Å². The quantitative estimate of drug-likeness (QED) is 0.316. The van der Waals surface area contributed by atoms with Gasteiger partial charge in [0, 0.05) is 9.79 Å². The molecule has 0 unspecified atom stereocenters. The number of thioether (sulfide) groups is 2. The molecule has 0 aliphatic heterocycles. The Bertz CT molecular complexity index is 410. The van der Waals surface area contributed by atoms with Crippen molar-refractivity contribution in [2.75, 3.05) is 11.9 Å². The van der Waals surface area contributed by atoms with Crippen LogP contribution in [0.15, 0.2) is 70.5 Å². The summed E-state index contributed by atoms with van der Waals surface area (Å²) in [4.78, 5) is 2.38. The van der Waals surface area contributed by atoms with Crippen molar-refractivity contribution >= 4 is 31.2 Å². The van der Waals surface area contributed by atoms with E-state index in [2.05, 4.69) is 24.3 Å². The minimum Gasteiger partial charge on any atom is -0.404 e. The van der Waals surface area contributed by atoms with E-state index in [1.54, 1.807) is 23.5 Å². The second-order valence-corrected chi connectivity index (χ2v) is 5.57. The molecular formula is C14H14BO2S2. The number of hydrogen-bond acceptors (Lipinski definition) is 4. The van der Waals surface area contributed by atoms with Crippen LogP contribution in [0.3, 0.4) is 0 Å². The van der Waals surface area contributed by atoms with Gasteiger partial charge in [-0.05, 0) is 24.3 Å². The third-order valence-corrected chi connectivity index (χ3v) is 3.93. The van der Waals surface area contributed by atoms with Crippen LogP contribution >= 0.6 is 23.5 Å². The Hall–Kier alpha value is -0.875. The number of rotatable bonds is 8. The zero-order chi connectivity index (χ0) is 13.2. The summed E-state index contributed by atoms with van der Waals surface area (Å²) in [6, 6.07) is 20.3. The molecule has 0 aromatic heterocycles. The van der Waals surface area contributed by atoms with Crippen molar-refractivity contribution in [3.63, 3.8) is 0 Å². The molecule has 0 bridgehead atoms. The highest BCUT2D eigenvalue weighted by molar-refractivity contribution is 7.99. The Labute approximate surface area is 123 Å². The molecule has 0 atom stereocenters. The summed E-state index contributed by atoms with van der Waals surface area (Å²) in [6.07, 6.45) is 0. The lowest BCUT2D eigenvalue weighted by Crippen LogP contribution is -2.03.